The molecule has 4 nitrogen and oxygen atoms in total. The van der Waals surface area contributed by atoms with Gasteiger partial charge in [0.25, 0.3) is 0 Å². The molecule has 0 saturated heterocycles. The van der Waals surface area contributed by atoms with E-state index in [0.717, 1.165) is 0 Å². The third-order valence-electron chi connectivity index (χ3n) is 1.59. The van der Waals surface area contributed by atoms with Crippen LogP contribution in [0.5, 0.6) is 5.75 Å². The van der Waals surface area contributed by atoms with Crippen LogP contribution in [0.1, 0.15) is 16.8 Å². The van der Waals surface area contributed by atoms with E-state index in [0.29, 0.717) is 5.75 Å². The maximum absolute atomic E-state index is 10.7. The number of ether oxygens (including phenoxy) is 1. The molecule has 0 fully saturated rings. The fraction of sp³-hybridized carbons (Fsp3) is 0.200. The highest BCUT2D eigenvalue weighted by Crippen LogP contribution is 2.17. The predicted octanol–water partition coefficient (Wildman–Crippen LogP) is 1.68. The molecule has 4 heteroatoms. The average Bonchev–Trinajstić information content (AvgIpc) is 2.19. The van der Waals surface area contributed by atoms with Crippen molar-refractivity contribution in [1.29, 1.82) is 5.26 Å². The highest BCUT2D eigenvalue weighted by molar-refractivity contribution is 5.90. The summed E-state index contributed by atoms with van der Waals surface area (Å²) in [5.74, 6) is -0.729. The van der Waals surface area contributed by atoms with E-state index in [2.05, 4.69) is 0 Å². The molecule has 0 heterocycles. The Labute approximate surface area is 81.4 Å². The van der Waals surface area contributed by atoms with Gasteiger partial charge in [0.2, 0.25) is 0 Å². The molecule has 0 aliphatic carbocycles. The van der Waals surface area contributed by atoms with Crippen molar-refractivity contribution in [3.63, 3.8) is 0 Å². The van der Waals surface area contributed by atoms with Crippen LogP contribution in [0, 0.1) is 11.3 Å². The van der Waals surface area contributed by atoms with E-state index < -0.39 is 5.97 Å². The maximum Gasteiger partial charge on any atom is 0.339 e. The Balaban J connectivity index is 2.75. The zero-order valence-electron chi connectivity index (χ0n) is 7.43. The van der Waals surface area contributed by atoms with Crippen LogP contribution >= 0.6 is 0 Å². The van der Waals surface area contributed by atoms with Gasteiger partial charge in [0.05, 0.1) is 12.5 Å². The van der Waals surface area contributed by atoms with Gasteiger partial charge in [0.15, 0.2) is 0 Å². The molecule has 0 aliphatic rings. The van der Waals surface area contributed by atoms with Crippen LogP contribution in [-0.4, -0.2) is 17.7 Å². The second kappa shape index (κ2) is 4.87. The largest absolute Gasteiger partial charge is 0.492 e. The molecular weight excluding hydrogens is 182 g/mol. The Hall–Kier alpha value is -2.02. The van der Waals surface area contributed by atoms with Crippen molar-refractivity contribution in [2.75, 3.05) is 6.61 Å². The third kappa shape index (κ3) is 2.49. The Kier molecular flexibility index (Phi) is 3.50. The predicted molar refractivity (Wildman–Crippen MR) is 49.1 cm³/mol. The summed E-state index contributed by atoms with van der Waals surface area (Å²) in [5.41, 5.74) is 0.116. The first-order valence-electron chi connectivity index (χ1n) is 4.08. The molecule has 0 saturated carbocycles. The smallest absolute Gasteiger partial charge is 0.339 e. The van der Waals surface area contributed by atoms with Crippen LogP contribution in [0.3, 0.4) is 0 Å². The first-order valence-corrected chi connectivity index (χ1v) is 4.08. The van der Waals surface area contributed by atoms with E-state index in [-0.39, 0.29) is 18.6 Å². The van der Waals surface area contributed by atoms with E-state index in [4.69, 9.17) is 15.1 Å². The minimum atomic E-state index is -1.03. The zero-order valence-corrected chi connectivity index (χ0v) is 7.43. The quantitative estimate of drug-likeness (QED) is 0.735. The summed E-state index contributed by atoms with van der Waals surface area (Å²) in [5, 5.41) is 17.1. The summed E-state index contributed by atoms with van der Waals surface area (Å²) in [6.07, 6.45) is 0.244. The Bertz CT molecular complexity index is 368. The van der Waals surface area contributed by atoms with Gasteiger partial charge in [-0.3, -0.25) is 0 Å². The molecule has 1 aromatic carbocycles. The summed E-state index contributed by atoms with van der Waals surface area (Å²) in [4.78, 5) is 10.7. The van der Waals surface area contributed by atoms with E-state index in [1.54, 1.807) is 18.2 Å². The first kappa shape index (κ1) is 10.1. The van der Waals surface area contributed by atoms with Crippen molar-refractivity contribution in [3.8, 4) is 11.8 Å². The Morgan fingerprint density at radius 1 is 1.50 bits per heavy atom. The standard InChI is InChI=1S/C10H9NO3/c11-6-3-7-14-9-5-2-1-4-8(9)10(12)13/h1-2,4-5H,3,7H2,(H,12,13). The average molecular weight is 191 g/mol. The molecular formula is C10H9NO3. The number of aromatic carboxylic acids is 1. The van der Waals surface area contributed by atoms with Crippen molar-refractivity contribution in [1.82, 2.24) is 0 Å². The van der Waals surface area contributed by atoms with Crippen LogP contribution in [0.15, 0.2) is 24.3 Å². The lowest BCUT2D eigenvalue weighted by Gasteiger charge is -2.06. The Morgan fingerprint density at radius 3 is 2.86 bits per heavy atom. The molecule has 0 spiro atoms. The van der Waals surface area contributed by atoms with Gasteiger partial charge >= 0.3 is 5.97 Å². The van der Waals surface area contributed by atoms with E-state index >= 15 is 0 Å². The normalized spacial score (nSPS) is 9.07. The fourth-order valence-corrected chi connectivity index (χ4v) is 0.976. The van der Waals surface area contributed by atoms with Crippen LogP contribution in [-0.2, 0) is 0 Å². The SMILES string of the molecule is N#CCCOc1ccccc1C(=O)O. The van der Waals surface area contributed by atoms with Gasteiger partial charge in [-0.05, 0) is 12.1 Å². The van der Waals surface area contributed by atoms with Crippen molar-refractivity contribution in [2.24, 2.45) is 0 Å². The van der Waals surface area contributed by atoms with Crippen LogP contribution in [0.2, 0.25) is 0 Å². The highest BCUT2D eigenvalue weighted by Gasteiger charge is 2.09. The molecule has 0 atom stereocenters. The number of nitriles is 1. The van der Waals surface area contributed by atoms with E-state index in [1.165, 1.54) is 6.07 Å². The number of para-hydroxylation sites is 1. The molecule has 1 rings (SSSR count). The number of benzene rings is 1. The van der Waals surface area contributed by atoms with E-state index in [1.807, 2.05) is 6.07 Å². The molecule has 0 bridgehead atoms. The molecule has 0 amide bonds. The summed E-state index contributed by atoms with van der Waals surface area (Å²) in [6, 6.07) is 8.26. The van der Waals surface area contributed by atoms with Gasteiger partial charge in [-0.15, -0.1) is 0 Å². The van der Waals surface area contributed by atoms with Crippen LogP contribution in [0.4, 0.5) is 0 Å². The molecule has 1 aromatic rings. The van der Waals surface area contributed by atoms with Gasteiger partial charge in [-0.25, -0.2) is 4.79 Å². The second-order valence-electron chi connectivity index (χ2n) is 2.56. The molecule has 72 valence electrons. The van der Waals surface area contributed by atoms with Crippen molar-refractivity contribution in [2.45, 2.75) is 6.42 Å². The minimum Gasteiger partial charge on any atom is -0.492 e. The molecule has 14 heavy (non-hydrogen) atoms. The second-order valence-corrected chi connectivity index (χ2v) is 2.56. The minimum absolute atomic E-state index is 0.116. The molecule has 0 aliphatic heterocycles. The molecule has 0 radical (unpaired) electrons. The summed E-state index contributed by atoms with van der Waals surface area (Å²) in [6.45, 7) is 0.209. The van der Waals surface area contributed by atoms with Gasteiger partial charge in [0.1, 0.15) is 17.9 Å². The fourth-order valence-electron chi connectivity index (χ4n) is 0.976. The Morgan fingerprint density at radius 2 is 2.21 bits per heavy atom. The highest BCUT2D eigenvalue weighted by atomic mass is 16.5. The monoisotopic (exact) mass is 191 g/mol. The van der Waals surface area contributed by atoms with Gasteiger partial charge in [-0.1, -0.05) is 12.1 Å². The van der Waals surface area contributed by atoms with Gasteiger partial charge in [0, 0.05) is 0 Å². The molecule has 0 aromatic heterocycles. The van der Waals surface area contributed by atoms with Gasteiger partial charge in [-0.2, -0.15) is 5.26 Å². The number of hydrogen-bond acceptors (Lipinski definition) is 3. The summed E-state index contributed by atoms with van der Waals surface area (Å²) in [7, 11) is 0. The lowest BCUT2D eigenvalue weighted by molar-refractivity contribution is 0.0692. The van der Waals surface area contributed by atoms with Crippen molar-refractivity contribution < 1.29 is 14.6 Å². The van der Waals surface area contributed by atoms with Crippen LogP contribution < -0.4 is 4.74 Å². The number of rotatable bonds is 4. The van der Waals surface area contributed by atoms with Gasteiger partial charge < -0.3 is 9.84 Å². The molecule has 0 unspecified atom stereocenters. The summed E-state index contributed by atoms with van der Waals surface area (Å²) < 4.78 is 5.14. The van der Waals surface area contributed by atoms with E-state index in [9.17, 15) is 4.79 Å². The lowest BCUT2D eigenvalue weighted by atomic mass is 10.2. The van der Waals surface area contributed by atoms with Crippen LogP contribution in [0.25, 0.3) is 0 Å². The topological polar surface area (TPSA) is 70.3 Å². The number of carbonyl (C=O) groups is 1. The van der Waals surface area contributed by atoms with Crippen molar-refractivity contribution in [3.05, 3.63) is 29.8 Å². The number of nitrogens with zero attached hydrogens (tertiary/aromatic N) is 1. The number of carboxylic acid groups (broad SMARTS) is 1. The number of carboxylic acids is 1. The molecule has 1 N–H and O–H groups in total. The number of hydrogen-bond donors (Lipinski definition) is 1. The lowest BCUT2D eigenvalue weighted by Crippen LogP contribution is -2.03. The first-order chi connectivity index (χ1) is 6.75. The summed E-state index contributed by atoms with van der Waals surface area (Å²) >= 11 is 0. The van der Waals surface area contributed by atoms with Crippen molar-refractivity contribution >= 4 is 5.97 Å². The zero-order chi connectivity index (χ0) is 10.4. The third-order valence-corrected chi connectivity index (χ3v) is 1.59. The maximum atomic E-state index is 10.7.